The SMILES string of the molecule is COCCNS(=O)(=O)c1ccc(C(=O)OCc2cc(=O)n3cc(Cl)ccc3n2)cc1. The van der Waals surface area contributed by atoms with Crippen molar-refractivity contribution in [3.63, 3.8) is 0 Å². The second kappa shape index (κ2) is 9.35. The highest BCUT2D eigenvalue weighted by atomic mass is 35.5. The van der Waals surface area contributed by atoms with Crippen LogP contribution >= 0.6 is 11.6 Å². The Labute approximate surface area is 177 Å². The summed E-state index contributed by atoms with van der Waals surface area (Å²) in [7, 11) is -2.23. The Balaban J connectivity index is 1.67. The number of carbonyl (C=O) groups excluding carboxylic acids is 1. The van der Waals surface area contributed by atoms with Gasteiger partial charge in [0.15, 0.2) is 0 Å². The van der Waals surface area contributed by atoms with Crippen LogP contribution in [-0.2, 0) is 26.1 Å². The van der Waals surface area contributed by atoms with E-state index in [4.69, 9.17) is 21.1 Å². The third kappa shape index (κ3) is 5.22. The van der Waals surface area contributed by atoms with Gasteiger partial charge in [-0.05, 0) is 36.4 Å². The van der Waals surface area contributed by atoms with Crippen LogP contribution in [0.5, 0.6) is 0 Å². The third-order valence-electron chi connectivity index (χ3n) is 4.03. The summed E-state index contributed by atoms with van der Waals surface area (Å²) < 4.78 is 37.9. The molecular weight excluding hydrogens is 434 g/mol. The molecule has 0 atom stereocenters. The van der Waals surface area contributed by atoms with Gasteiger partial charge in [0, 0.05) is 25.9 Å². The van der Waals surface area contributed by atoms with Crippen molar-refractivity contribution >= 4 is 33.2 Å². The average molecular weight is 452 g/mol. The molecule has 0 saturated heterocycles. The van der Waals surface area contributed by atoms with Crippen LogP contribution in [-0.4, -0.2) is 44.0 Å². The van der Waals surface area contributed by atoms with Crippen LogP contribution in [0, 0.1) is 0 Å². The molecule has 0 aliphatic heterocycles. The number of hydrogen-bond acceptors (Lipinski definition) is 7. The van der Waals surface area contributed by atoms with Gasteiger partial charge < -0.3 is 9.47 Å². The molecule has 1 N–H and O–H groups in total. The first-order valence-electron chi connectivity index (χ1n) is 8.74. The fraction of sp³-hybridized carbons (Fsp3) is 0.211. The lowest BCUT2D eigenvalue weighted by Gasteiger charge is -2.08. The van der Waals surface area contributed by atoms with Crippen molar-refractivity contribution in [3.05, 3.63) is 75.3 Å². The summed E-state index contributed by atoms with van der Waals surface area (Å²) in [5, 5.41) is 0.393. The molecule has 0 amide bonds. The van der Waals surface area contributed by atoms with Crippen molar-refractivity contribution in [3.8, 4) is 0 Å². The van der Waals surface area contributed by atoms with Gasteiger partial charge in [0.1, 0.15) is 12.3 Å². The summed E-state index contributed by atoms with van der Waals surface area (Å²) in [6.45, 7) is 0.155. The third-order valence-corrected chi connectivity index (χ3v) is 5.73. The number of nitrogens with zero attached hydrogens (tertiary/aromatic N) is 2. The summed E-state index contributed by atoms with van der Waals surface area (Å²) >= 11 is 5.87. The van der Waals surface area contributed by atoms with Crippen LogP contribution < -0.4 is 10.3 Å². The second-order valence-corrected chi connectivity index (χ2v) is 8.36. The number of pyridine rings is 1. The van der Waals surface area contributed by atoms with Crippen molar-refractivity contribution in [1.82, 2.24) is 14.1 Å². The smallest absolute Gasteiger partial charge is 0.338 e. The first-order valence-corrected chi connectivity index (χ1v) is 10.6. The molecule has 0 spiro atoms. The fourth-order valence-electron chi connectivity index (χ4n) is 2.55. The molecule has 1 aromatic carbocycles. The molecule has 0 radical (unpaired) electrons. The van der Waals surface area contributed by atoms with Gasteiger partial charge in [-0.25, -0.2) is 22.9 Å². The zero-order valence-corrected chi connectivity index (χ0v) is 17.4. The summed E-state index contributed by atoms with van der Waals surface area (Å²) in [5.74, 6) is -0.676. The number of hydrogen-bond donors (Lipinski definition) is 1. The molecule has 0 fully saturated rings. The van der Waals surface area contributed by atoms with E-state index in [1.807, 2.05) is 0 Å². The summed E-state index contributed by atoms with van der Waals surface area (Å²) in [6.07, 6.45) is 1.45. The van der Waals surface area contributed by atoms with Gasteiger partial charge in [-0.2, -0.15) is 0 Å². The van der Waals surface area contributed by atoms with Crippen LogP contribution in [0.3, 0.4) is 0 Å². The zero-order valence-electron chi connectivity index (χ0n) is 15.9. The van der Waals surface area contributed by atoms with E-state index in [-0.39, 0.29) is 41.5 Å². The molecule has 3 aromatic rings. The van der Waals surface area contributed by atoms with Crippen molar-refractivity contribution in [2.75, 3.05) is 20.3 Å². The van der Waals surface area contributed by atoms with E-state index in [1.54, 1.807) is 12.1 Å². The molecule has 30 heavy (non-hydrogen) atoms. The first-order chi connectivity index (χ1) is 14.3. The number of ether oxygens (including phenoxy) is 2. The molecule has 9 nitrogen and oxygen atoms in total. The number of halogens is 1. The predicted molar refractivity (Wildman–Crippen MR) is 109 cm³/mol. The Kier molecular flexibility index (Phi) is 6.83. The monoisotopic (exact) mass is 451 g/mol. The second-order valence-electron chi connectivity index (χ2n) is 6.15. The lowest BCUT2D eigenvalue weighted by Crippen LogP contribution is -2.27. The maximum atomic E-state index is 12.3. The van der Waals surface area contributed by atoms with E-state index in [9.17, 15) is 18.0 Å². The van der Waals surface area contributed by atoms with E-state index in [0.29, 0.717) is 10.7 Å². The molecule has 2 heterocycles. The predicted octanol–water partition coefficient (Wildman–Crippen LogP) is 1.63. The zero-order chi connectivity index (χ0) is 21.7. The number of aromatic nitrogens is 2. The van der Waals surface area contributed by atoms with Gasteiger partial charge in [0.05, 0.1) is 27.8 Å². The highest BCUT2D eigenvalue weighted by molar-refractivity contribution is 7.89. The van der Waals surface area contributed by atoms with Crippen LogP contribution in [0.25, 0.3) is 5.65 Å². The van der Waals surface area contributed by atoms with Gasteiger partial charge in [0.2, 0.25) is 10.0 Å². The van der Waals surface area contributed by atoms with E-state index in [0.717, 1.165) is 0 Å². The van der Waals surface area contributed by atoms with Crippen LogP contribution in [0.15, 0.2) is 58.4 Å². The quantitative estimate of drug-likeness (QED) is 0.408. The van der Waals surface area contributed by atoms with Crippen LogP contribution in [0.2, 0.25) is 5.02 Å². The Bertz CT molecular complexity index is 1230. The summed E-state index contributed by atoms with van der Waals surface area (Å²) in [6, 6.07) is 9.72. The topological polar surface area (TPSA) is 116 Å². The molecular formula is C19H18ClN3O6S. The number of fused-ring (bicyclic) bond motifs is 1. The standard InChI is InChI=1S/C19H18ClN3O6S/c1-28-9-8-21-30(26,27)16-5-2-13(3-6-16)19(25)29-12-15-10-18(24)23-11-14(20)4-7-17(23)22-15/h2-7,10-11,21H,8-9,12H2,1H3. The lowest BCUT2D eigenvalue weighted by atomic mass is 10.2. The van der Waals surface area contributed by atoms with E-state index in [1.165, 1.54) is 48.0 Å². The molecule has 3 rings (SSSR count). The van der Waals surface area contributed by atoms with Gasteiger partial charge in [-0.3, -0.25) is 9.20 Å². The van der Waals surface area contributed by atoms with Crippen LogP contribution in [0.4, 0.5) is 0 Å². The number of esters is 1. The first kappa shape index (κ1) is 21.9. The van der Waals surface area contributed by atoms with Crippen LogP contribution in [0.1, 0.15) is 16.1 Å². The maximum absolute atomic E-state index is 12.3. The Hall–Kier alpha value is -2.79. The van der Waals surface area contributed by atoms with Gasteiger partial charge in [0.25, 0.3) is 5.56 Å². The normalized spacial score (nSPS) is 11.5. The number of rotatable bonds is 8. The van der Waals surface area contributed by atoms with Gasteiger partial charge >= 0.3 is 5.97 Å². The number of carbonyl (C=O) groups is 1. The van der Waals surface area contributed by atoms with E-state index in [2.05, 4.69) is 9.71 Å². The molecule has 0 aliphatic rings. The minimum Gasteiger partial charge on any atom is -0.456 e. The molecule has 0 bridgehead atoms. The Morgan fingerprint density at radius 3 is 2.63 bits per heavy atom. The Morgan fingerprint density at radius 1 is 1.20 bits per heavy atom. The molecule has 0 aliphatic carbocycles. The van der Waals surface area contributed by atoms with Gasteiger partial charge in [-0.1, -0.05) is 11.6 Å². The number of methoxy groups -OCH3 is 1. The summed E-state index contributed by atoms with van der Waals surface area (Å²) in [4.78, 5) is 28.7. The van der Waals surface area contributed by atoms with Crippen molar-refractivity contribution in [2.24, 2.45) is 0 Å². The molecule has 0 saturated carbocycles. The number of nitrogens with one attached hydrogen (secondary N) is 1. The molecule has 2 aromatic heterocycles. The minimum absolute atomic E-state index is 0.0121. The highest BCUT2D eigenvalue weighted by Crippen LogP contribution is 2.13. The maximum Gasteiger partial charge on any atom is 0.338 e. The largest absolute Gasteiger partial charge is 0.456 e. The van der Waals surface area contributed by atoms with Gasteiger partial charge in [-0.15, -0.1) is 0 Å². The van der Waals surface area contributed by atoms with E-state index >= 15 is 0 Å². The number of sulfonamides is 1. The average Bonchev–Trinajstić information content (AvgIpc) is 2.73. The summed E-state index contributed by atoms with van der Waals surface area (Å²) in [5.41, 5.74) is 0.449. The van der Waals surface area contributed by atoms with Crippen molar-refractivity contribution in [1.29, 1.82) is 0 Å². The van der Waals surface area contributed by atoms with E-state index < -0.39 is 16.0 Å². The highest BCUT2D eigenvalue weighted by Gasteiger charge is 2.15. The lowest BCUT2D eigenvalue weighted by molar-refractivity contribution is 0.0467. The van der Waals surface area contributed by atoms with Crippen molar-refractivity contribution in [2.45, 2.75) is 11.5 Å². The Morgan fingerprint density at radius 2 is 1.93 bits per heavy atom. The minimum atomic E-state index is -3.70. The number of benzene rings is 1. The molecule has 0 unspecified atom stereocenters. The molecule has 158 valence electrons. The van der Waals surface area contributed by atoms with Crippen molar-refractivity contribution < 1.29 is 22.7 Å². The fourth-order valence-corrected chi connectivity index (χ4v) is 3.73. The molecule has 11 heteroatoms.